The number of ether oxygens (including phenoxy) is 2. The molecule has 1 aromatic rings. The molecule has 5 nitrogen and oxygen atoms in total. The second-order valence-corrected chi connectivity index (χ2v) is 6.31. The molecule has 0 saturated carbocycles. The average molecular weight is 341 g/mol. The predicted octanol–water partition coefficient (Wildman–Crippen LogP) is 2.29. The van der Waals surface area contributed by atoms with Gasteiger partial charge < -0.3 is 20.5 Å². The highest BCUT2D eigenvalue weighted by atomic mass is 35.5. The van der Waals surface area contributed by atoms with E-state index in [1.807, 2.05) is 19.1 Å². The van der Waals surface area contributed by atoms with E-state index in [1.165, 1.54) is 0 Å². The second kappa shape index (κ2) is 9.11. The van der Waals surface area contributed by atoms with E-state index in [-0.39, 0.29) is 11.8 Å². The first kappa shape index (κ1) is 18.0. The fraction of sp³-hybridized carbons (Fsp3) is 0.588. The molecule has 3 N–H and O–H groups in total. The van der Waals surface area contributed by atoms with Crippen molar-refractivity contribution in [2.75, 3.05) is 26.4 Å². The highest BCUT2D eigenvalue weighted by Crippen LogP contribution is 2.21. The summed E-state index contributed by atoms with van der Waals surface area (Å²) in [4.78, 5) is 12.0. The van der Waals surface area contributed by atoms with Crippen molar-refractivity contribution < 1.29 is 14.3 Å². The molecule has 1 aliphatic heterocycles. The molecule has 1 aromatic carbocycles. The molecule has 1 atom stereocenters. The largest absolute Gasteiger partial charge is 0.493 e. The molecule has 0 radical (unpaired) electrons. The molecule has 0 aromatic heterocycles. The minimum absolute atomic E-state index is 0.0837. The molecule has 1 fully saturated rings. The second-order valence-electron chi connectivity index (χ2n) is 5.88. The van der Waals surface area contributed by atoms with Crippen LogP contribution in [0.1, 0.15) is 24.8 Å². The van der Waals surface area contributed by atoms with Gasteiger partial charge in [-0.1, -0.05) is 11.6 Å². The van der Waals surface area contributed by atoms with Crippen LogP contribution in [0.5, 0.6) is 5.75 Å². The Morgan fingerprint density at radius 3 is 2.91 bits per heavy atom. The van der Waals surface area contributed by atoms with Gasteiger partial charge in [-0.2, -0.15) is 0 Å². The molecule has 0 spiro atoms. The molecule has 23 heavy (non-hydrogen) atoms. The zero-order valence-corrected chi connectivity index (χ0v) is 14.3. The van der Waals surface area contributed by atoms with Gasteiger partial charge in [0.1, 0.15) is 5.75 Å². The van der Waals surface area contributed by atoms with Crippen molar-refractivity contribution in [3.63, 3.8) is 0 Å². The minimum atomic E-state index is -0.446. The Bertz CT molecular complexity index is 519. The summed E-state index contributed by atoms with van der Waals surface area (Å²) in [7, 11) is 0. The van der Waals surface area contributed by atoms with Crippen LogP contribution in [0.3, 0.4) is 0 Å². The van der Waals surface area contributed by atoms with Crippen LogP contribution >= 0.6 is 11.6 Å². The van der Waals surface area contributed by atoms with E-state index in [4.69, 9.17) is 26.8 Å². The van der Waals surface area contributed by atoms with Gasteiger partial charge in [-0.25, -0.2) is 0 Å². The van der Waals surface area contributed by atoms with Crippen molar-refractivity contribution in [1.29, 1.82) is 0 Å². The number of halogens is 1. The van der Waals surface area contributed by atoms with Crippen LogP contribution in [0.15, 0.2) is 18.2 Å². The van der Waals surface area contributed by atoms with Crippen molar-refractivity contribution in [2.24, 2.45) is 11.7 Å². The Hall–Kier alpha value is -1.30. The number of nitrogens with one attached hydrogen (secondary N) is 1. The summed E-state index contributed by atoms with van der Waals surface area (Å²) in [5.41, 5.74) is 7.02. The van der Waals surface area contributed by atoms with E-state index in [9.17, 15) is 4.79 Å². The fourth-order valence-electron chi connectivity index (χ4n) is 2.65. The smallest absolute Gasteiger partial charge is 0.237 e. The van der Waals surface area contributed by atoms with Crippen LogP contribution in [-0.4, -0.2) is 38.3 Å². The summed E-state index contributed by atoms with van der Waals surface area (Å²) in [6.07, 6.45) is 2.44. The predicted molar refractivity (Wildman–Crippen MR) is 90.8 cm³/mol. The van der Waals surface area contributed by atoms with Crippen LogP contribution in [0.2, 0.25) is 5.02 Å². The van der Waals surface area contributed by atoms with E-state index >= 15 is 0 Å². The van der Waals surface area contributed by atoms with Gasteiger partial charge in [0.25, 0.3) is 0 Å². The van der Waals surface area contributed by atoms with Crippen molar-refractivity contribution in [1.82, 2.24) is 5.32 Å². The van der Waals surface area contributed by atoms with Crippen molar-refractivity contribution in [3.8, 4) is 5.75 Å². The van der Waals surface area contributed by atoms with Gasteiger partial charge in [0.05, 0.1) is 12.6 Å². The lowest BCUT2D eigenvalue weighted by molar-refractivity contribution is -0.124. The third kappa shape index (κ3) is 5.68. The maximum absolute atomic E-state index is 12.0. The first-order valence-electron chi connectivity index (χ1n) is 8.08. The first-order chi connectivity index (χ1) is 11.1. The Morgan fingerprint density at radius 2 is 2.22 bits per heavy atom. The third-order valence-corrected chi connectivity index (χ3v) is 4.33. The quantitative estimate of drug-likeness (QED) is 0.747. The number of hydrogen-bond donors (Lipinski definition) is 2. The maximum atomic E-state index is 12.0. The van der Waals surface area contributed by atoms with Gasteiger partial charge in [0, 0.05) is 24.8 Å². The molecule has 2 rings (SSSR count). The van der Waals surface area contributed by atoms with Gasteiger partial charge in [-0.15, -0.1) is 0 Å². The number of hydrogen-bond acceptors (Lipinski definition) is 4. The minimum Gasteiger partial charge on any atom is -0.493 e. The zero-order chi connectivity index (χ0) is 16.7. The van der Waals surface area contributed by atoms with Crippen LogP contribution in [0.4, 0.5) is 0 Å². The topological polar surface area (TPSA) is 73.6 Å². The van der Waals surface area contributed by atoms with Crippen LogP contribution < -0.4 is 15.8 Å². The van der Waals surface area contributed by atoms with Crippen molar-refractivity contribution in [2.45, 2.75) is 32.2 Å². The monoisotopic (exact) mass is 340 g/mol. The Kier molecular flexibility index (Phi) is 7.15. The lowest BCUT2D eigenvalue weighted by Gasteiger charge is -2.26. The number of nitrogens with two attached hydrogens (primary N) is 1. The molecule has 128 valence electrons. The Morgan fingerprint density at radius 1 is 1.48 bits per heavy atom. The Balaban J connectivity index is 1.63. The molecule has 0 bridgehead atoms. The SMILES string of the molecule is Cc1cc(Cl)ccc1OCCCNC(=O)C(N)C1CCOCC1. The highest BCUT2D eigenvalue weighted by molar-refractivity contribution is 6.30. The van der Waals surface area contributed by atoms with Gasteiger partial charge in [0.2, 0.25) is 5.91 Å². The van der Waals surface area contributed by atoms with Crippen LogP contribution in [0.25, 0.3) is 0 Å². The zero-order valence-electron chi connectivity index (χ0n) is 13.5. The van der Waals surface area contributed by atoms with Gasteiger partial charge in [-0.05, 0) is 55.9 Å². The van der Waals surface area contributed by atoms with Gasteiger partial charge >= 0.3 is 0 Å². The number of aryl methyl sites for hydroxylation is 1. The first-order valence-corrected chi connectivity index (χ1v) is 8.45. The summed E-state index contributed by atoms with van der Waals surface area (Å²) in [5.74, 6) is 0.955. The molecule has 1 amide bonds. The lowest BCUT2D eigenvalue weighted by atomic mass is 9.92. The molecular formula is C17H25ClN2O3. The number of benzene rings is 1. The summed E-state index contributed by atoms with van der Waals surface area (Å²) in [6, 6.07) is 5.08. The number of amides is 1. The Labute approximate surface area is 142 Å². The molecule has 1 saturated heterocycles. The van der Waals surface area contributed by atoms with Crippen molar-refractivity contribution >= 4 is 17.5 Å². The van der Waals surface area contributed by atoms with E-state index in [0.29, 0.717) is 31.4 Å². The summed E-state index contributed by atoms with van der Waals surface area (Å²) in [6.45, 7) is 4.44. The molecular weight excluding hydrogens is 316 g/mol. The number of carbonyl (C=O) groups excluding carboxylic acids is 1. The van der Waals surface area contributed by atoms with E-state index in [0.717, 1.165) is 30.6 Å². The van der Waals surface area contributed by atoms with Gasteiger partial charge in [0.15, 0.2) is 0 Å². The maximum Gasteiger partial charge on any atom is 0.237 e. The summed E-state index contributed by atoms with van der Waals surface area (Å²) < 4.78 is 11.0. The standard InChI is InChI=1S/C17H25ClN2O3/c1-12-11-14(18)3-4-15(12)23-8-2-7-20-17(21)16(19)13-5-9-22-10-6-13/h3-4,11,13,16H,2,5-10,19H2,1H3,(H,20,21). The summed E-state index contributed by atoms with van der Waals surface area (Å²) in [5, 5.41) is 3.58. The molecule has 1 heterocycles. The lowest BCUT2D eigenvalue weighted by Crippen LogP contribution is -2.47. The molecule has 6 heteroatoms. The normalized spacial score (nSPS) is 16.8. The van der Waals surface area contributed by atoms with E-state index < -0.39 is 6.04 Å². The molecule has 0 aliphatic carbocycles. The molecule has 1 unspecified atom stereocenters. The van der Waals surface area contributed by atoms with Gasteiger partial charge in [-0.3, -0.25) is 4.79 Å². The molecule has 1 aliphatic rings. The van der Waals surface area contributed by atoms with Crippen LogP contribution in [-0.2, 0) is 9.53 Å². The van der Waals surface area contributed by atoms with E-state index in [1.54, 1.807) is 6.07 Å². The van der Waals surface area contributed by atoms with Crippen LogP contribution in [0, 0.1) is 12.8 Å². The average Bonchev–Trinajstić information content (AvgIpc) is 2.56. The fourth-order valence-corrected chi connectivity index (χ4v) is 2.87. The van der Waals surface area contributed by atoms with Crippen molar-refractivity contribution in [3.05, 3.63) is 28.8 Å². The highest BCUT2D eigenvalue weighted by Gasteiger charge is 2.26. The summed E-state index contributed by atoms with van der Waals surface area (Å²) >= 11 is 5.91. The third-order valence-electron chi connectivity index (χ3n) is 4.09. The number of carbonyl (C=O) groups is 1. The van der Waals surface area contributed by atoms with E-state index in [2.05, 4.69) is 5.32 Å². The number of rotatable bonds is 7.